The van der Waals surface area contributed by atoms with Crippen LogP contribution in [0.3, 0.4) is 0 Å². The molecule has 0 aliphatic heterocycles. The molecule has 0 bridgehead atoms. The Morgan fingerprint density at radius 3 is 2.81 bits per heavy atom. The van der Waals surface area contributed by atoms with Gasteiger partial charge in [0.15, 0.2) is 0 Å². The van der Waals surface area contributed by atoms with E-state index in [1.165, 1.54) is 12.8 Å². The minimum absolute atomic E-state index is 0.536. The SMILES string of the molecule is CSCCNc1cc(NN)nc(C2CC2)n1. The van der Waals surface area contributed by atoms with Gasteiger partial charge in [0.25, 0.3) is 0 Å². The maximum atomic E-state index is 5.39. The Labute approximate surface area is 99.6 Å². The Bertz CT molecular complexity index is 353. The van der Waals surface area contributed by atoms with E-state index >= 15 is 0 Å². The molecule has 0 atom stereocenters. The van der Waals surface area contributed by atoms with Gasteiger partial charge in [-0.15, -0.1) is 0 Å². The second kappa shape index (κ2) is 5.36. The van der Waals surface area contributed by atoms with Gasteiger partial charge in [-0.25, -0.2) is 15.8 Å². The largest absolute Gasteiger partial charge is 0.369 e. The van der Waals surface area contributed by atoms with Gasteiger partial charge in [0.1, 0.15) is 17.5 Å². The molecule has 1 heterocycles. The van der Waals surface area contributed by atoms with Crippen LogP contribution < -0.4 is 16.6 Å². The number of aromatic nitrogens is 2. The summed E-state index contributed by atoms with van der Waals surface area (Å²) in [6.45, 7) is 0.909. The lowest BCUT2D eigenvalue weighted by atomic mass is 10.4. The predicted octanol–water partition coefficient (Wildman–Crippen LogP) is 1.41. The molecule has 0 saturated heterocycles. The predicted molar refractivity (Wildman–Crippen MR) is 68.7 cm³/mol. The number of anilines is 2. The molecular formula is C10H17N5S. The molecule has 1 aromatic rings. The maximum absolute atomic E-state index is 5.39. The smallest absolute Gasteiger partial charge is 0.145 e. The van der Waals surface area contributed by atoms with Crippen molar-refractivity contribution >= 4 is 23.4 Å². The fourth-order valence-electron chi connectivity index (χ4n) is 1.44. The summed E-state index contributed by atoms with van der Waals surface area (Å²) in [5.41, 5.74) is 2.58. The first-order valence-corrected chi connectivity index (χ1v) is 6.81. The topological polar surface area (TPSA) is 75.9 Å². The van der Waals surface area contributed by atoms with Crippen molar-refractivity contribution in [3.05, 3.63) is 11.9 Å². The zero-order valence-electron chi connectivity index (χ0n) is 9.36. The molecule has 1 fully saturated rings. The quantitative estimate of drug-likeness (QED) is 0.396. The standard InChI is InChI=1S/C10H17N5S/c1-16-5-4-12-8-6-9(15-11)14-10(13-8)7-2-3-7/h6-7H,2-5,11H2,1H3,(H2,12,13,14,15). The van der Waals surface area contributed by atoms with E-state index in [4.69, 9.17) is 5.84 Å². The van der Waals surface area contributed by atoms with Crippen molar-refractivity contribution in [3.8, 4) is 0 Å². The Morgan fingerprint density at radius 2 is 2.19 bits per heavy atom. The number of thioether (sulfide) groups is 1. The summed E-state index contributed by atoms with van der Waals surface area (Å²) in [4.78, 5) is 8.84. The fraction of sp³-hybridized carbons (Fsp3) is 0.600. The Balaban J connectivity index is 2.06. The van der Waals surface area contributed by atoms with Crippen LogP contribution in [0.4, 0.5) is 11.6 Å². The van der Waals surface area contributed by atoms with Crippen LogP contribution in [0, 0.1) is 0 Å². The van der Waals surface area contributed by atoms with E-state index < -0.39 is 0 Å². The average molecular weight is 239 g/mol. The number of hydrazine groups is 1. The van der Waals surface area contributed by atoms with E-state index in [1.54, 1.807) is 0 Å². The average Bonchev–Trinajstić information content (AvgIpc) is 3.13. The molecule has 0 unspecified atom stereocenters. The number of nitrogen functional groups attached to an aromatic ring is 1. The first kappa shape index (κ1) is 11.5. The zero-order valence-corrected chi connectivity index (χ0v) is 10.2. The first-order chi connectivity index (χ1) is 7.83. The van der Waals surface area contributed by atoms with Crippen molar-refractivity contribution in [1.82, 2.24) is 9.97 Å². The summed E-state index contributed by atoms with van der Waals surface area (Å²) in [6, 6.07) is 1.84. The molecule has 1 aliphatic carbocycles. The van der Waals surface area contributed by atoms with Crippen molar-refractivity contribution in [2.45, 2.75) is 18.8 Å². The van der Waals surface area contributed by atoms with Crippen LogP contribution in [-0.2, 0) is 0 Å². The van der Waals surface area contributed by atoms with Gasteiger partial charge >= 0.3 is 0 Å². The number of rotatable bonds is 6. The van der Waals surface area contributed by atoms with Gasteiger partial charge in [0.05, 0.1) is 0 Å². The third-order valence-electron chi connectivity index (χ3n) is 2.45. The third kappa shape index (κ3) is 2.99. The van der Waals surface area contributed by atoms with Gasteiger partial charge < -0.3 is 10.7 Å². The van der Waals surface area contributed by atoms with E-state index in [9.17, 15) is 0 Å². The van der Waals surface area contributed by atoms with Crippen LogP contribution in [-0.4, -0.2) is 28.5 Å². The van der Waals surface area contributed by atoms with Crippen molar-refractivity contribution in [1.29, 1.82) is 0 Å². The molecule has 2 rings (SSSR count). The molecule has 88 valence electrons. The van der Waals surface area contributed by atoms with E-state index in [0.29, 0.717) is 11.7 Å². The van der Waals surface area contributed by atoms with Gasteiger partial charge in [-0.1, -0.05) is 0 Å². The van der Waals surface area contributed by atoms with Crippen LogP contribution >= 0.6 is 11.8 Å². The normalized spacial score (nSPS) is 14.9. The number of hydrogen-bond acceptors (Lipinski definition) is 6. The van der Waals surface area contributed by atoms with Crippen molar-refractivity contribution < 1.29 is 0 Å². The van der Waals surface area contributed by atoms with E-state index in [0.717, 1.165) is 23.9 Å². The molecular weight excluding hydrogens is 222 g/mol. The van der Waals surface area contributed by atoms with Crippen molar-refractivity contribution in [3.63, 3.8) is 0 Å². The van der Waals surface area contributed by atoms with Gasteiger partial charge in [-0.3, -0.25) is 0 Å². The van der Waals surface area contributed by atoms with Crippen LogP contribution in [0.25, 0.3) is 0 Å². The lowest BCUT2D eigenvalue weighted by Crippen LogP contribution is -2.13. The number of nitrogens with two attached hydrogens (primary N) is 1. The maximum Gasteiger partial charge on any atom is 0.145 e. The van der Waals surface area contributed by atoms with Crippen LogP contribution in [0.1, 0.15) is 24.6 Å². The Hall–Kier alpha value is -1.01. The molecule has 0 radical (unpaired) electrons. The monoisotopic (exact) mass is 239 g/mol. The minimum atomic E-state index is 0.536. The lowest BCUT2D eigenvalue weighted by molar-refractivity contribution is 0.923. The highest BCUT2D eigenvalue weighted by atomic mass is 32.2. The minimum Gasteiger partial charge on any atom is -0.369 e. The third-order valence-corrected chi connectivity index (χ3v) is 3.06. The lowest BCUT2D eigenvalue weighted by Gasteiger charge is -2.08. The van der Waals surface area contributed by atoms with E-state index in [2.05, 4.69) is 27.0 Å². The molecule has 1 aliphatic rings. The molecule has 0 amide bonds. The first-order valence-electron chi connectivity index (χ1n) is 5.42. The molecule has 16 heavy (non-hydrogen) atoms. The van der Waals surface area contributed by atoms with E-state index in [-0.39, 0.29) is 0 Å². The second-order valence-corrected chi connectivity index (χ2v) is 4.82. The summed E-state index contributed by atoms with van der Waals surface area (Å²) in [6.07, 6.45) is 4.47. The fourth-order valence-corrected chi connectivity index (χ4v) is 1.74. The molecule has 0 spiro atoms. The summed E-state index contributed by atoms with van der Waals surface area (Å²) >= 11 is 1.81. The van der Waals surface area contributed by atoms with Gasteiger partial charge in [-0.2, -0.15) is 11.8 Å². The van der Waals surface area contributed by atoms with E-state index in [1.807, 2.05) is 17.8 Å². The van der Waals surface area contributed by atoms with Crippen LogP contribution in [0.15, 0.2) is 6.07 Å². The highest BCUT2D eigenvalue weighted by molar-refractivity contribution is 7.98. The Morgan fingerprint density at radius 1 is 1.44 bits per heavy atom. The zero-order chi connectivity index (χ0) is 11.4. The molecule has 0 aromatic carbocycles. The summed E-state index contributed by atoms with van der Waals surface area (Å²) in [5.74, 6) is 9.44. The molecule has 6 heteroatoms. The van der Waals surface area contributed by atoms with Gasteiger partial charge in [-0.05, 0) is 19.1 Å². The molecule has 1 saturated carbocycles. The second-order valence-electron chi connectivity index (χ2n) is 3.83. The Kier molecular flexibility index (Phi) is 3.84. The summed E-state index contributed by atoms with van der Waals surface area (Å²) in [7, 11) is 0. The van der Waals surface area contributed by atoms with Crippen molar-refractivity contribution in [2.24, 2.45) is 5.84 Å². The summed E-state index contributed by atoms with van der Waals surface area (Å²) < 4.78 is 0. The number of nitrogens with zero attached hydrogens (tertiary/aromatic N) is 2. The van der Waals surface area contributed by atoms with Gasteiger partial charge in [0.2, 0.25) is 0 Å². The van der Waals surface area contributed by atoms with Crippen LogP contribution in [0.5, 0.6) is 0 Å². The van der Waals surface area contributed by atoms with Gasteiger partial charge in [0, 0.05) is 24.3 Å². The highest BCUT2D eigenvalue weighted by Crippen LogP contribution is 2.38. The number of hydrogen-bond donors (Lipinski definition) is 3. The van der Waals surface area contributed by atoms with Crippen molar-refractivity contribution in [2.75, 3.05) is 29.3 Å². The molecule has 1 aromatic heterocycles. The molecule has 5 nitrogen and oxygen atoms in total. The summed E-state index contributed by atoms with van der Waals surface area (Å²) in [5, 5.41) is 3.28. The van der Waals surface area contributed by atoms with Crippen LogP contribution in [0.2, 0.25) is 0 Å². The number of nitrogens with one attached hydrogen (secondary N) is 2. The highest BCUT2D eigenvalue weighted by Gasteiger charge is 2.27. The molecule has 4 N–H and O–H groups in total.